The van der Waals surface area contributed by atoms with E-state index in [1.54, 1.807) is 6.08 Å². The number of unbranched alkanes of at least 4 members (excludes halogenated alkanes) is 1. The molecule has 0 fully saturated rings. The van der Waals surface area contributed by atoms with E-state index in [1.165, 1.54) is 6.42 Å². The molecule has 0 unspecified atom stereocenters. The molecule has 0 radical (unpaired) electrons. The van der Waals surface area contributed by atoms with Crippen LogP contribution in [0.4, 0.5) is 0 Å². The fraction of sp³-hybridized carbons (Fsp3) is 0.812. The van der Waals surface area contributed by atoms with Crippen molar-refractivity contribution in [3.8, 4) is 0 Å². The minimum Gasteiger partial charge on any atom is -0.377 e. The predicted molar refractivity (Wildman–Crippen MR) is 93.3 cm³/mol. The fourth-order valence-electron chi connectivity index (χ4n) is 0.448. The Morgan fingerprint density at radius 1 is 0.941 bits per heavy atom. The molecule has 1 heteroatoms. The molecule has 0 aromatic carbocycles. The second-order valence-electron chi connectivity index (χ2n) is 1.84. The van der Waals surface area contributed by atoms with E-state index in [0.29, 0.717) is 6.61 Å². The van der Waals surface area contributed by atoms with Gasteiger partial charge < -0.3 is 4.74 Å². The SMILES string of the molecule is C.C.C.C.C.C.C.C.C=C=CCOCCCC. The van der Waals surface area contributed by atoms with Gasteiger partial charge in [0.1, 0.15) is 0 Å². The standard InChI is InChI=1S/C8H14O.8CH4/c1-3-5-7-9-8-6-4-2;;;;;;;;/h5H,1,4,6-8H2,2H3;8*1H4. The van der Waals surface area contributed by atoms with Crippen molar-refractivity contribution in [2.75, 3.05) is 13.2 Å². The molecule has 0 spiro atoms. The van der Waals surface area contributed by atoms with E-state index < -0.39 is 0 Å². The molecule has 0 rings (SSSR count). The molecule has 0 heterocycles. The van der Waals surface area contributed by atoms with Crippen molar-refractivity contribution >= 4 is 0 Å². The first-order valence-corrected chi connectivity index (χ1v) is 3.33. The second-order valence-corrected chi connectivity index (χ2v) is 1.84. The maximum atomic E-state index is 5.16. The van der Waals surface area contributed by atoms with Crippen molar-refractivity contribution in [1.29, 1.82) is 0 Å². The molecule has 0 saturated carbocycles. The molecular formula is C16H46O. The summed E-state index contributed by atoms with van der Waals surface area (Å²) in [6.07, 6.45) is 4.12. The summed E-state index contributed by atoms with van der Waals surface area (Å²) in [4.78, 5) is 0. The zero-order chi connectivity index (χ0) is 6.95. The van der Waals surface area contributed by atoms with E-state index in [1.807, 2.05) is 0 Å². The first-order chi connectivity index (χ1) is 4.41. The van der Waals surface area contributed by atoms with Gasteiger partial charge in [0, 0.05) is 6.61 Å². The summed E-state index contributed by atoms with van der Waals surface area (Å²) >= 11 is 0. The molecule has 0 aliphatic rings. The van der Waals surface area contributed by atoms with Crippen LogP contribution in [-0.2, 0) is 4.74 Å². The molecule has 0 N–H and O–H groups in total. The summed E-state index contributed by atoms with van der Waals surface area (Å²) in [6, 6.07) is 0. The average Bonchev–Trinajstić information content (AvgIpc) is 1.89. The molecule has 0 saturated heterocycles. The number of ether oxygens (including phenoxy) is 1. The Morgan fingerprint density at radius 3 is 1.65 bits per heavy atom. The Morgan fingerprint density at radius 2 is 1.35 bits per heavy atom. The lowest BCUT2D eigenvalue weighted by atomic mass is 10.4. The van der Waals surface area contributed by atoms with Gasteiger partial charge in [-0.2, -0.15) is 0 Å². The minimum absolute atomic E-state index is 0. The van der Waals surface area contributed by atoms with Gasteiger partial charge in [-0.3, -0.25) is 0 Å². The first-order valence-electron chi connectivity index (χ1n) is 3.33. The quantitative estimate of drug-likeness (QED) is 0.371. The number of hydrogen-bond donors (Lipinski definition) is 0. The molecule has 1 nitrogen and oxygen atoms in total. The van der Waals surface area contributed by atoms with Crippen molar-refractivity contribution in [1.82, 2.24) is 0 Å². The van der Waals surface area contributed by atoms with Crippen molar-refractivity contribution in [3.05, 3.63) is 18.4 Å². The Kier molecular flexibility index (Phi) is 321. The van der Waals surface area contributed by atoms with Crippen molar-refractivity contribution in [2.45, 2.75) is 79.2 Å². The topological polar surface area (TPSA) is 9.23 Å². The highest BCUT2D eigenvalue weighted by atomic mass is 16.5. The van der Waals surface area contributed by atoms with Crippen molar-refractivity contribution < 1.29 is 4.74 Å². The van der Waals surface area contributed by atoms with Crippen LogP contribution in [0, 0.1) is 0 Å². The zero-order valence-corrected chi connectivity index (χ0v) is 6.02. The van der Waals surface area contributed by atoms with E-state index >= 15 is 0 Å². The minimum atomic E-state index is 0. The monoisotopic (exact) mass is 254 g/mol. The molecule has 0 atom stereocenters. The predicted octanol–water partition coefficient (Wildman–Crippen LogP) is 7.23. The highest BCUT2D eigenvalue weighted by Crippen LogP contribution is 1.86. The van der Waals surface area contributed by atoms with E-state index in [4.69, 9.17) is 4.74 Å². The molecule has 0 aliphatic heterocycles. The molecule has 0 aromatic rings. The van der Waals surface area contributed by atoms with Gasteiger partial charge in [0.25, 0.3) is 0 Å². The summed E-state index contributed by atoms with van der Waals surface area (Å²) in [6.45, 7) is 7.08. The largest absolute Gasteiger partial charge is 0.377 e. The van der Waals surface area contributed by atoms with Gasteiger partial charge in [-0.1, -0.05) is 79.3 Å². The third-order valence-corrected chi connectivity index (χ3v) is 0.988. The molecular weight excluding hydrogens is 208 g/mol. The van der Waals surface area contributed by atoms with E-state index in [9.17, 15) is 0 Å². The summed E-state index contributed by atoms with van der Waals surface area (Å²) in [7, 11) is 0. The highest BCUT2D eigenvalue weighted by molar-refractivity contribution is 4.74. The van der Waals surface area contributed by atoms with E-state index in [-0.39, 0.29) is 59.4 Å². The maximum absolute atomic E-state index is 5.16. The summed E-state index contributed by atoms with van der Waals surface area (Å²) < 4.78 is 5.16. The van der Waals surface area contributed by atoms with Crippen LogP contribution in [0.2, 0.25) is 0 Å². The third-order valence-electron chi connectivity index (χ3n) is 0.988. The Hall–Kier alpha value is -0.520. The number of hydrogen-bond acceptors (Lipinski definition) is 1. The Balaban J connectivity index is -0.0000000114. The van der Waals surface area contributed by atoms with Crippen LogP contribution in [0.1, 0.15) is 79.2 Å². The van der Waals surface area contributed by atoms with Gasteiger partial charge in [0.2, 0.25) is 0 Å². The van der Waals surface area contributed by atoms with Crippen LogP contribution in [0.3, 0.4) is 0 Å². The molecule has 0 amide bonds. The van der Waals surface area contributed by atoms with Crippen LogP contribution in [0.5, 0.6) is 0 Å². The number of rotatable bonds is 5. The summed E-state index contributed by atoms with van der Waals surface area (Å²) in [5.41, 5.74) is 2.64. The van der Waals surface area contributed by atoms with E-state index in [0.717, 1.165) is 13.0 Å². The van der Waals surface area contributed by atoms with Crippen LogP contribution in [-0.4, -0.2) is 13.2 Å². The lowest BCUT2D eigenvalue weighted by Gasteiger charge is -1.95. The van der Waals surface area contributed by atoms with Gasteiger partial charge in [-0.25, -0.2) is 0 Å². The smallest absolute Gasteiger partial charge is 0.0721 e. The van der Waals surface area contributed by atoms with Gasteiger partial charge in [-0.05, 0) is 12.5 Å². The van der Waals surface area contributed by atoms with Gasteiger partial charge in [0.15, 0.2) is 0 Å². The average molecular weight is 255 g/mol. The lowest BCUT2D eigenvalue weighted by molar-refractivity contribution is 0.159. The van der Waals surface area contributed by atoms with E-state index in [2.05, 4.69) is 19.2 Å². The first kappa shape index (κ1) is 70.6. The van der Waals surface area contributed by atoms with Crippen molar-refractivity contribution in [2.24, 2.45) is 0 Å². The molecule has 17 heavy (non-hydrogen) atoms. The van der Waals surface area contributed by atoms with Crippen molar-refractivity contribution in [3.63, 3.8) is 0 Å². The molecule has 0 aliphatic carbocycles. The van der Waals surface area contributed by atoms with Gasteiger partial charge in [0.05, 0.1) is 6.61 Å². The lowest BCUT2D eigenvalue weighted by Crippen LogP contribution is -1.92. The molecule has 116 valence electrons. The maximum Gasteiger partial charge on any atom is 0.0721 e. The van der Waals surface area contributed by atoms with Gasteiger partial charge >= 0.3 is 0 Å². The fourth-order valence-corrected chi connectivity index (χ4v) is 0.448. The summed E-state index contributed by atoms with van der Waals surface area (Å²) in [5, 5.41) is 0. The highest BCUT2D eigenvalue weighted by Gasteiger charge is 1.80. The van der Waals surface area contributed by atoms with Crippen LogP contribution in [0.25, 0.3) is 0 Å². The molecule has 0 bridgehead atoms. The third kappa shape index (κ3) is 93.7. The molecule has 0 aromatic heterocycles. The Labute approximate surface area is 116 Å². The van der Waals surface area contributed by atoms with Crippen LogP contribution in [0.15, 0.2) is 18.4 Å². The normalized spacial score (nSPS) is 4.53. The summed E-state index contributed by atoms with van der Waals surface area (Å²) in [5.74, 6) is 0. The van der Waals surface area contributed by atoms with Crippen LogP contribution >= 0.6 is 0 Å². The second kappa shape index (κ2) is 77.3. The van der Waals surface area contributed by atoms with Gasteiger partial charge in [-0.15, -0.1) is 5.73 Å². The Bertz CT molecular complexity index is 91.7. The zero-order valence-electron chi connectivity index (χ0n) is 6.02. The van der Waals surface area contributed by atoms with Crippen LogP contribution < -0.4 is 0 Å².